The average Bonchev–Trinajstić information content (AvgIpc) is 2.75. The van der Waals surface area contributed by atoms with Crippen molar-refractivity contribution in [1.29, 1.82) is 0 Å². The molecule has 4 saturated carbocycles. The fraction of sp³-hybridized carbons (Fsp3) is 0.941. The lowest BCUT2D eigenvalue weighted by atomic mass is 9.72. The van der Waals surface area contributed by atoms with Gasteiger partial charge in [-0.2, -0.15) is 0 Å². The molecule has 2 heteroatoms. The van der Waals surface area contributed by atoms with Crippen LogP contribution in [-0.2, 0) is 9.53 Å². The number of esters is 1. The number of carbonyl (C=O) groups is 1. The Morgan fingerprint density at radius 3 is 2.37 bits per heavy atom. The molecule has 0 heterocycles. The van der Waals surface area contributed by atoms with Crippen molar-refractivity contribution in [3.05, 3.63) is 0 Å². The van der Waals surface area contributed by atoms with Crippen LogP contribution in [-0.4, -0.2) is 12.1 Å². The summed E-state index contributed by atoms with van der Waals surface area (Å²) in [5.41, 5.74) is 0.00753. The maximum Gasteiger partial charge on any atom is 0.311 e. The van der Waals surface area contributed by atoms with Crippen LogP contribution in [0.15, 0.2) is 0 Å². The Morgan fingerprint density at radius 1 is 1.26 bits per heavy atom. The second kappa shape index (κ2) is 4.23. The topological polar surface area (TPSA) is 26.3 Å². The molecule has 3 unspecified atom stereocenters. The van der Waals surface area contributed by atoms with Crippen LogP contribution in [0.4, 0.5) is 0 Å². The highest BCUT2D eigenvalue weighted by Crippen LogP contribution is 2.67. The van der Waals surface area contributed by atoms with Gasteiger partial charge in [-0.1, -0.05) is 6.92 Å². The molecule has 0 aromatic heterocycles. The molecule has 0 aromatic rings. The van der Waals surface area contributed by atoms with Gasteiger partial charge in [-0.3, -0.25) is 4.79 Å². The summed E-state index contributed by atoms with van der Waals surface area (Å²) in [4.78, 5) is 12.3. The molecule has 19 heavy (non-hydrogen) atoms. The molecule has 0 radical (unpaired) electrons. The highest BCUT2D eigenvalue weighted by molar-refractivity contribution is 5.76. The van der Waals surface area contributed by atoms with Crippen LogP contribution in [0.2, 0.25) is 0 Å². The standard InChI is InChI=1S/C17H28O2/c1-5-16(3,4)15(18)19-11(2)17-9-12-6-13(10-17)8-14(17)7-12/h11-14H,5-10H2,1-4H3. The van der Waals surface area contributed by atoms with Crippen LogP contribution >= 0.6 is 0 Å². The predicted octanol–water partition coefficient (Wildman–Crippen LogP) is 4.18. The van der Waals surface area contributed by atoms with Crippen LogP contribution in [0, 0.1) is 28.6 Å². The molecule has 0 amide bonds. The minimum Gasteiger partial charge on any atom is -0.462 e. The van der Waals surface area contributed by atoms with Crippen LogP contribution in [0.25, 0.3) is 0 Å². The predicted molar refractivity (Wildman–Crippen MR) is 75.6 cm³/mol. The van der Waals surface area contributed by atoms with Crippen LogP contribution in [0.5, 0.6) is 0 Å². The molecule has 0 spiro atoms. The van der Waals surface area contributed by atoms with E-state index in [-0.39, 0.29) is 17.5 Å². The van der Waals surface area contributed by atoms with E-state index in [0.717, 1.165) is 24.2 Å². The average molecular weight is 264 g/mol. The van der Waals surface area contributed by atoms with Gasteiger partial charge in [0.25, 0.3) is 0 Å². The summed E-state index contributed by atoms with van der Waals surface area (Å²) in [7, 11) is 0. The van der Waals surface area contributed by atoms with E-state index in [0.29, 0.717) is 5.41 Å². The third kappa shape index (κ3) is 1.94. The van der Waals surface area contributed by atoms with Crippen molar-refractivity contribution < 1.29 is 9.53 Å². The van der Waals surface area contributed by atoms with Crippen molar-refractivity contribution in [2.75, 3.05) is 0 Å². The summed E-state index contributed by atoms with van der Waals surface area (Å²) in [6.07, 6.45) is 7.83. The minimum atomic E-state index is -0.333. The van der Waals surface area contributed by atoms with Crippen molar-refractivity contribution in [2.45, 2.75) is 72.3 Å². The van der Waals surface area contributed by atoms with Crippen molar-refractivity contribution in [2.24, 2.45) is 28.6 Å². The Hall–Kier alpha value is -0.530. The zero-order valence-electron chi connectivity index (χ0n) is 12.9. The number of hydrogen-bond donors (Lipinski definition) is 0. The van der Waals surface area contributed by atoms with Gasteiger partial charge in [0.15, 0.2) is 0 Å². The molecule has 4 aliphatic rings. The first-order chi connectivity index (χ1) is 8.87. The van der Waals surface area contributed by atoms with E-state index in [1.807, 2.05) is 13.8 Å². The summed E-state index contributed by atoms with van der Waals surface area (Å²) < 4.78 is 5.92. The van der Waals surface area contributed by atoms with Gasteiger partial charge in [-0.05, 0) is 77.0 Å². The fourth-order valence-corrected chi connectivity index (χ4v) is 5.10. The molecule has 2 nitrogen and oxygen atoms in total. The Balaban J connectivity index is 1.72. The molecule has 4 rings (SSSR count). The molecule has 0 N–H and O–H groups in total. The quantitative estimate of drug-likeness (QED) is 0.712. The van der Waals surface area contributed by atoms with Crippen LogP contribution in [0.3, 0.4) is 0 Å². The third-order valence-corrected chi connectivity index (χ3v) is 6.58. The van der Waals surface area contributed by atoms with E-state index in [9.17, 15) is 4.79 Å². The summed E-state index contributed by atoms with van der Waals surface area (Å²) in [6.45, 7) is 8.22. The Labute approximate surface area is 117 Å². The summed E-state index contributed by atoms with van der Waals surface area (Å²) in [5.74, 6) is 2.70. The summed E-state index contributed by atoms with van der Waals surface area (Å²) >= 11 is 0. The van der Waals surface area contributed by atoms with Crippen molar-refractivity contribution in [1.82, 2.24) is 0 Å². The molecule has 108 valence electrons. The van der Waals surface area contributed by atoms with Gasteiger partial charge in [0, 0.05) is 5.41 Å². The van der Waals surface area contributed by atoms with Crippen molar-refractivity contribution in [3.8, 4) is 0 Å². The van der Waals surface area contributed by atoms with Crippen molar-refractivity contribution in [3.63, 3.8) is 0 Å². The first-order valence-corrected chi connectivity index (χ1v) is 8.08. The zero-order chi connectivity index (χ0) is 13.8. The Morgan fingerprint density at radius 2 is 1.84 bits per heavy atom. The van der Waals surface area contributed by atoms with E-state index in [1.54, 1.807) is 0 Å². The highest BCUT2D eigenvalue weighted by atomic mass is 16.5. The van der Waals surface area contributed by atoms with Crippen LogP contribution in [0.1, 0.15) is 66.2 Å². The number of carbonyl (C=O) groups excluding carboxylic acids is 1. The lowest BCUT2D eigenvalue weighted by Crippen LogP contribution is -2.40. The van der Waals surface area contributed by atoms with Gasteiger partial charge in [-0.25, -0.2) is 0 Å². The van der Waals surface area contributed by atoms with E-state index in [1.165, 1.54) is 32.1 Å². The van der Waals surface area contributed by atoms with E-state index in [4.69, 9.17) is 4.74 Å². The Kier molecular flexibility index (Phi) is 3.00. The molecule has 0 aromatic carbocycles. The fourth-order valence-electron chi connectivity index (χ4n) is 5.10. The van der Waals surface area contributed by atoms with Crippen molar-refractivity contribution >= 4 is 5.97 Å². The van der Waals surface area contributed by atoms with Gasteiger partial charge in [-0.15, -0.1) is 0 Å². The zero-order valence-corrected chi connectivity index (χ0v) is 12.9. The summed E-state index contributed by atoms with van der Waals surface area (Å²) in [5, 5.41) is 0. The second-order valence-corrected chi connectivity index (χ2v) is 8.06. The molecule has 4 aliphatic carbocycles. The Bertz CT molecular complexity index is 371. The van der Waals surface area contributed by atoms with Gasteiger partial charge in [0.1, 0.15) is 6.10 Å². The molecule has 3 atom stereocenters. The smallest absolute Gasteiger partial charge is 0.311 e. The monoisotopic (exact) mass is 264 g/mol. The van der Waals surface area contributed by atoms with Crippen LogP contribution < -0.4 is 0 Å². The molecule has 0 aliphatic heterocycles. The van der Waals surface area contributed by atoms with Gasteiger partial charge in [0.2, 0.25) is 0 Å². The maximum atomic E-state index is 12.3. The first kappa shape index (κ1) is 13.5. The SMILES string of the molecule is CCC(C)(C)C(=O)OC(C)C12CC3CC(CC1C3)C2. The van der Waals surface area contributed by atoms with Gasteiger partial charge in [0.05, 0.1) is 5.41 Å². The normalized spacial score (nSPS) is 41.6. The highest BCUT2D eigenvalue weighted by Gasteiger charge is 2.61. The number of hydrogen-bond acceptors (Lipinski definition) is 2. The second-order valence-electron chi connectivity index (χ2n) is 8.06. The molecule has 0 saturated heterocycles. The number of ether oxygens (including phenoxy) is 1. The van der Waals surface area contributed by atoms with E-state index in [2.05, 4.69) is 13.8 Å². The molecular formula is C17H28O2. The molecule has 4 bridgehead atoms. The number of rotatable bonds is 4. The lowest BCUT2D eigenvalue weighted by molar-refractivity contribution is -0.167. The third-order valence-electron chi connectivity index (χ3n) is 6.58. The molecule has 4 fully saturated rings. The van der Waals surface area contributed by atoms with Gasteiger partial charge < -0.3 is 4.74 Å². The lowest BCUT2D eigenvalue weighted by Gasteiger charge is -2.39. The minimum absolute atomic E-state index is 0.00287. The largest absolute Gasteiger partial charge is 0.462 e. The first-order valence-electron chi connectivity index (χ1n) is 8.08. The maximum absolute atomic E-state index is 12.3. The van der Waals surface area contributed by atoms with E-state index >= 15 is 0 Å². The van der Waals surface area contributed by atoms with E-state index < -0.39 is 0 Å². The summed E-state index contributed by atoms with van der Waals surface area (Å²) in [6, 6.07) is 0. The molecular weight excluding hydrogens is 236 g/mol. The van der Waals surface area contributed by atoms with Gasteiger partial charge >= 0.3 is 5.97 Å².